The molecule has 3 nitrogen and oxygen atoms in total. The predicted octanol–water partition coefficient (Wildman–Crippen LogP) is 13.3. The molecule has 0 aliphatic heterocycles. The Morgan fingerprint density at radius 2 is 1.31 bits per heavy atom. The Morgan fingerprint density at radius 3 is 1.98 bits per heavy atom. The predicted molar refractivity (Wildman–Crippen MR) is 232 cm³/mol. The molecule has 0 aliphatic carbocycles. The summed E-state index contributed by atoms with van der Waals surface area (Å²) >= 11 is 1.83. The SMILES string of the molecule is CC(C)c1cc(-c2[c-]cccc2)ncc1[Si](C)(C)C.CC(C)c1cccc(C(C)C)c1-n1c(-c2[c-]cc3sc4ccccc4c3c2)nc2ccccc21.[Ir]. The average molecular weight is 920 g/mol. The van der Waals surface area contributed by atoms with Crippen LogP contribution in [0, 0.1) is 12.1 Å². The molecular weight excluding hydrogens is 871 g/mol. The Hall–Kier alpha value is -4.19. The normalized spacial score (nSPS) is 11.8. The maximum atomic E-state index is 5.17. The number of pyridine rings is 1. The molecule has 0 amide bonds. The number of imidazole rings is 1. The third kappa shape index (κ3) is 7.81. The van der Waals surface area contributed by atoms with E-state index in [0.717, 1.165) is 33.7 Å². The standard InChI is InChI=1S/C31H27N2S.C17H22NSi.Ir/c1-19(2)22-11-9-12-23(20(3)4)30(22)33-27-14-7-6-13-26(27)32-31(33)21-16-17-29-25(18-21)24-10-5-8-15-28(24)34-29;1-13(2)15-11-16(14-9-7-6-8-10-14)18-12-17(15)19(3,4)5;/h5-15,17-20H,1-4H3;6-9,11-13H,1-5H3;/q2*-1;. The molecule has 3 aromatic heterocycles. The van der Waals surface area contributed by atoms with E-state index in [2.05, 4.69) is 180 Å². The topological polar surface area (TPSA) is 30.7 Å². The molecule has 277 valence electrons. The van der Waals surface area contributed by atoms with Gasteiger partial charge in [-0.1, -0.05) is 127 Å². The Kier molecular flexibility index (Phi) is 11.9. The van der Waals surface area contributed by atoms with Crippen LogP contribution in [0.15, 0.2) is 115 Å². The molecule has 0 atom stereocenters. The molecule has 0 unspecified atom stereocenters. The molecule has 0 bridgehead atoms. The van der Waals surface area contributed by atoms with Crippen LogP contribution in [0.3, 0.4) is 0 Å². The number of benzene rings is 5. The van der Waals surface area contributed by atoms with E-state index in [-0.39, 0.29) is 20.1 Å². The molecule has 5 aromatic carbocycles. The smallest absolute Gasteiger partial charge is 0.0799 e. The van der Waals surface area contributed by atoms with Crippen LogP contribution in [0.1, 0.15) is 76.0 Å². The third-order valence-electron chi connectivity index (χ3n) is 10.0. The van der Waals surface area contributed by atoms with Gasteiger partial charge in [-0.25, -0.2) is 0 Å². The minimum atomic E-state index is -1.34. The average Bonchev–Trinajstić information content (AvgIpc) is 3.73. The van der Waals surface area contributed by atoms with Gasteiger partial charge in [0, 0.05) is 36.7 Å². The number of fused-ring (bicyclic) bond motifs is 4. The van der Waals surface area contributed by atoms with E-state index in [4.69, 9.17) is 4.98 Å². The summed E-state index contributed by atoms with van der Waals surface area (Å²) in [5.74, 6) is 2.28. The van der Waals surface area contributed by atoms with E-state index < -0.39 is 8.07 Å². The summed E-state index contributed by atoms with van der Waals surface area (Å²) in [6, 6.07) is 45.4. The molecule has 0 fully saturated rings. The number of hydrogen-bond donors (Lipinski definition) is 0. The fraction of sp³-hybridized carbons (Fsp3) is 0.250. The Labute approximate surface area is 339 Å². The molecule has 1 radical (unpaired) electrons. The molecule has 0 saturated heterocycles. The van der Waals surface area contributed by atoms with E-state index in [1.165, 1.54) is 47.7 Å². The Balaban J connectivity index is 0.000000213. The van der Waals surface area contributed by atoms with Gasteiger partial charge >= 0.3 is 0 Å². The van der Waals surface area contributed by atoms with Crippen molar-refractivity contribution in [3.05, 3.63) is 144 Å². The zero-order valence-corrected chi connectivity index (χ0v) is 37.0. The zero-order valence-electron chi connectivity index (χ0n) is 32.8. The van der Waals surface area contributed by atoms with Crippen LogP contribution in [-0.2, 0) is 20.1 Å². The molecule has 0 spiro atoms. The summed E-state index contributed by atoms with van der Waals surface area (Å²) in [5, 5.41) is 4.04. The molecule has 6 heteroatoms. The van der Waals surface area contributed by atoms with Gasteiger partial charge in [0.05, 0.1) is 24.9 Å². The van der Waals surface area contributed by atoms with Crippen molar-refractivity contribution in [3.63, 3.8) is 0 Å². The van der Waals surface area contributed by atoms with Crippen molar-refractivity contribution >= 4 is 55.8 Å². The van der Waals surface area contributed by atoms with Gasteiger partial charge in [-0.3, -0.25) is 4.98 Å². The summed E-state index contributed by atoms with van der Waals surface area (Å²) < 4.78 is 4.95. The van der Waals surface area contributed by atoms with Gasteiger partial charge in [0.25, 0.3) is 0 Å². The summed E-state index contributed by atoms with van der Waals surface area (Å²) in [6.07, 6.45) is 2.09. The first-order valence-electron chi connectivity index (χ1n) is 18.8. The first kappa shape index (κ1) is 39.5. The van der Waals surface area contributed by atoms with Crippen LogP contribution in [0.2, 0.25) is 19.6 Å². The van der Waals surface area contributed by atoms with Gasteiger partial charge in [0.15, 0.2) is 0 Å². The number of aromatic nitrogens is 3. The summed E-state index contributed by atoms with van der Waals surface area (Å²) in [4.78, 5) is 9.83. The Morgan fingerprint density at radius 1 is 0.648 bits per heavy atom. The van der Waals surface area contributed by atoms with Crippen molar-refractivity contribution in [3.8, 4) is 28.3 Å². The summed E-state index contributed by atoms with van der Waals surface area (Å²) in [7, 11) is -1.34. The molecule has 0 N–H and O–H groups in total. The molecule has 54 heavy (non-hydrogen) atoms. The second kappa shape index (κ2) is 16.3. The number of nitrogens with zero attached hydrogens (tertiary/aromatic N) is 3. The Bertz CT molecular complexity index is 2510. The molecule has 8 rings (SSSR count). The van der Waals surface area contributed by atoms with Crippen LogP contribution >= 0.6 is 11.3 Å². The summed E-state index contributed by atoms with van der Waals surface area (Å²) in [5.41, 5.74) is 10.7. The van der Waals surface area contributed by atoms with Gasteiger partial charge in [0.1, 0.15) is 0 Å². The van der Waals surface area contributed by atoms with E-state index in [9.17, 15) is 0 Å². The van der Waals surface area contributed by atoms with Crippen LogP contribution in [0.25, 0.3) is 59.5 Å². The minimum Gasteiger partial charge on any atom is -0.333 e. The molecule has 0 saturated carbocycles. The maximum Gasteiger partial charge on any atom is 0.0799 e. The van der Waals surface area contributed by atoms with E-state index in [1.54, 1.807) is 0 Å². The second-order valence-corrected chi connectivity index (χ2v) is 22.0. The fourth-order valence-corrected chi connectivity index (χ4v) is 10.0. The van der Waals surface area contributed by atoms with E-state index in [1.807, 2.05) is 29.5 Å². The monoisotopic (exact) mass is 920 g/mol. The third-order valence-corrected chi connectivity index (χ3v) is 13.2. The van der Waals surface area contributed by atoms with Crippen molar-refractivity contribution in [2.24, 2.45) is 0 Å². The number of thiophene rings is 1. The second-order valence-electron chi connectivity index (χ2n) is 15.9. The fourth-order valence-electron chi connectivity index (χ4n) is 7.28. The zero-order chi connectivity index (χ0) is 37.4. The largest absolute Gasteiger partial charge is 0.333 e. The van der Waals surface area contributed by atoms with Crippen molar-refractivity contribution in [2.75, 3.05) is 0 Å². The molecule has 3 heterocycles. The van der Waals surface area contributed by atoms with Crippen molar-refractivity contribution < 1.29 is 20.1 Å². The maximum absolute atomic E-state index is 5.17. The van der Waals surface area contributed by atoms with E-state index in [0.29, 0.717) is 17.8 Å². The van der Waals surface area contributed by atoms with Crippen molar-refractivity contribution in [2.45, 2.75) is 78.9 Å². The van der Waals surface area contributed by atoms with E-state index >= 15 is 0 Å². The number of para-hydroxylation sites is 3. The summed E-state index contributed by atoms with van der Waals surface area (Å²) in [6.45, 7) is 20.8. The number of hydrogen-bond acceptors (Lipinski definition) is 3. The van der Waals surface area contributed by atoms with Gasteiger partial charge in [-0.2, -0.15) is 11.3 Å². The van der Waals surface area contributed by atoms with Crippen LogP contribution in [-0.4, -0.2) is 22.6 Å². The van der Waals surface area contributed by atoms with Crippen LogP contribution in [0.5, 0.6) is 0 Å². The molecule has 0 aliphatic rings. The van der Waals surface area contributed by atoms with Crippen molar-refractivity contribution in [1.29, 1.82) is 0 Å². The van der Waals surface area contributed by atoms with Gasteiger partial charge in [-0.15, -0.1) is 59.7 Å². The van der Waals surface area contributed by atoms with Gasteiger partial charge in [0.2, 0.25) is 0 Å². The van der Waals surface area contributed by atoms with Gasteiger partial charge < -0.3 is 9.55 Å². The van der Waals surface area contributed by atoms with Gasteiger partial charge in [-0.05, 0) is 68.0 Å². The molecular formula is C48H49IrN3SSi-2. The minimum absolute atomic E-state index is 0. The first-order chi connectivity index (χ1) is 25.4. The van der Waals surface area contributed by atoms with Crippen LogP contribution in [0.4, 0.5) is 0 Å². The number of rotatable bonds is 7. The first-order valence-corrected chi connectivity index (χ1v) is 23.2. The van der Waals surface area contributed by atoms with Crippen LogP contribution < -0.4 is 5.19 Å². The van der Waals surface area contributed by atoms with Crippen molar-refractivity contribution in [1.82, 2.24) is 14.5 Å². The molecule has 8 aromatic rings. The quantitative estimate of drug-likeness (QED) is 0.118.